The van der Waals surface area contributed by atoms with Crippen molar-refractivity contribution in [3.05, 3.63) is 77.0 Å². The fourth-order valence-corrected chi connectivity index (χ4v) is 2.34. The van der Waals surface area contributed by atoms with Crippen molar-refractivity contribution < 1.29 is 13.6 Å². The van der Waals surface area contributed by atoms with Crippen LogP contribution in [0, 0.1) is 25.5 Å². The first kappa shape index (κ1) is 15.9. The minimum Gasteiger partial charge on any atom is -0.306 e. The van der Waals surface area contributed by atoms with Crippen LogP contribution in [-0.2, 0) is 0 Å². The lowest BCUT2D eigenvalue weighted by atomic mass is 10.2. The van der Waals surface area contributed by atoms with Gasteiger partial charge in [0.2, 0.25) is 0 Å². The van der Waals surface area contributed by atoms with Crippen LogP contribution >= 0.6 is 0 Å². The molecule has 0 aliphatic heterocycles. The first-order chi connectivity index (χ1) is 11.4. The highest BCUT2D eigenvalue weighted by molar-refractivity contribution is 6.04. The molecule has 24 heavy (non-hydrogen) atoms. The zero-order valence-electron chi connectivity index (χ0n) is 13.2. The summed E-state index contributed by atoms with van der Waals surface area (Å²) >= 11 is 0. The van der Waals surface area contributed by atoms with Gasteiger partial charge in [-0.2, -0.15) is 5.10 Å². The van der Waals surface area contributed by atoms with Crippen molar-refractivity contribution in [3.8, 4) is 5.69 Å². The number of aromatic nitrogens is 2. The lowest BCUT2D eigenvalue weighted by Gasteiger charge is -2.09. The monoisotopic (exact) mass is 327 g/mol. The van der Waals surface area contributed by atoms with Crippen molar-refractivity contribution in [2.75, 3.05) is 5.32 Å². The molecule has 0 bridgehead atoms. The van der Waals surface area contributed by atoms with Crippen LogP contribution in [0.25, 0.3) is 5.69 Å². The van der Waals surface area contributed by atoms with Gasteiger partial charge >= 0.3 is 0 Å². The summed E-state index contributed by atoms with van der Waals surface area (Å²) in [5.74, 6) is -1.79. The summed E-state index contributed by atoms with van der Waals surface area (Å²) in [5.41, 5.74) is 2.48. The Kier molecular flexibility index (Phi) is 4.12. The van der Waals surface area contributed by atoms with Gasteiger partial charge in [-0.1, -0.05) is 17.7 Å². The number of halogens is 2. The number of carbonyl (C=O) groups excluding carboxylic acids is 1. The molecule has 1 aromatic heterocycles. The van der Waals surface area contributed by atoms with Crippen LogP contribution < -0.4 is 5.32 Å². The maximum absolute atomic E-state index is 13.3. The van der Waals surface area contributed by atoms with Crippen LogP contribution in [0.15, 0.2) is 48.5 Å². The van der Waals surface area contributed by atoms with E-state index < -0.39 is 17.5 Å². The summed E-state index contributed by atoms with van der Waals surface area (Å²) in [6.07, 6.45) is 0. The van der Waals surface area contributed by atoms with Gasteiger partial charge in [-0.25, -0.2) is 13.5 Å². The first-order valence-electron chi connectivity index (χ1n) is 7.33. The molecule has 0 spiro atoms. The fraction of sp³-hybridized carbons (Fsp3) is 0.111. The van der Waals surface area contributed by atoms with Gasteiger partial charge in [-0.3, -0.25) is 4.79 Å². The van der Waals surface area contributed by atoms with Gasteiger partial charge in [-0.15, -0.1) is 0 Å². The van der Waals surface area contributed by atoms with Crippen molar-refractivity contribution >= 4 is 11.7 Å². The van der Waals surface area contributed by atoms with Crippen LogP contribution in [0.1, 0.15) is 21.6 Å². The number of rotatable bonds is 3. The number of carbonyl (C=O) groups is 1. The lowest BCUT2D eigenvalue weighted by molar-refractivity contribution is 0.102. The number of anilines is 1. The Morgan fingerprint density at radius 3 is 2.25 bits per heavy atom. The number of hydrogen-bond acceptors (Lipinski definition) is 2. The smallest absolute Gasteiger partial charge is 0.257 e. The standard InChI is InChI=1S/C18H15F2N3O/c1-11-3-5-16(6-4-11)23-17(7-12(2)22-23)21-18(24)13-8-14(19)10-15(20)9-13/h3-10H,1-2H3,(H,21,24). The molecule has 122 valence electrons. The van der Waals surface area contributed by atoms with Crippen molar-refractivity contribution in [2.24, 2.45) is 0 Å². The molecule has 3 aromatic rings. The summed E-state index contributed by atoms with van der Waals surface area (Å²) < 4.78 is 28.1. The number of nitrogens with one attached hydrogen (secondary N) is 1. The van der Waals surface area contributed by atoms with Crippen molar-refractivity contribution in [2.45, 2.75) is 13.8 Å². The lowest BCUT2D eigenvalue weighted by Crippen LogP contribution is -2.15. The minimum atomic E-state index is -0.802. The fourth-order valence-electron chi connectivity index (χ4n) is 2.34. The van der Waals surface area contributed by atoms with Crippen molar-refractivity contribution in [1.29, 1.82) is 0 Å². The molecule has 0 saturated heterocycles. The number of hydrogen-bond donors (Lipinski definition) is 1. The molecule has 2 aromatic carbocycles. The van der Waals surface area contributed by atoms with E-state index in [2.05, 4.69) is 10.4 Å². The van der Waals surface area contributed by atoms with Crippen LogP contribution in [0.4, 0.5) is 14.6 Å². The summed E-state index contributed by atoms with van der Waals surface area (Å²) in [6, 6.07) is 12.0. The van der Waals surface area contributed by atoms with Gasteiger partial charge in [0.05, 0.1) is 11.4 Å². The molecule has 1 N–H and O–H groups in total. The number of aryl methyl sites for hydroxylation is 2. The second-order valence-corrected chi connectivity index (χ2v) is 5.53. The van der Waals surface area contributed by atoms with E-state index in [0.29, 0.717) is 11.5 Å². The number of nitrogens with zero attached hydrogens (tertiary/aromatic N) is 2. The van der Waals surface area contributed by atoms with E-state index in [-0.39, 0.29) is 5.56 Å². The first-order valence-corrected chi connectivity index (χ1v) is 7.33. The molecular weight excluding hydrogens is 312 g/mol. The molecular formula is C18H15F2N3O. The second-order valence-electron chi connectivity index (χ2n) is 5.53. The van der Waals surface area contributed by atoms with Gasteiger partial charge in [-0.05, 0) is 38.1 Å². The molecule has 1 heterocycles. The highest BCUT2D eigenvalue weighted by Crippen LogP contribution is 2.19. The van der Waals surface area contributed by atoms with Crippen LogP contribution in [0.2, 0.25) is 0 Å². The largest absolute Gasteiger partial charge is 0.306 e. The highest BCUT2D eigenvalue weighted by atomic mass is 19.1. The van der Waals surface area contributed by atoms with Gasteiger partial charge in [0, 0.05) is 17.7 Å². The average Bonchev–Trinajstić information content (AvgIpc) is 2.87. The third-order valence-electron chi connectivity index (χ3n) is 3.48. The molecule has 0 atom stereocenters. The number of amides is 1. The SMILES string of the molecule is Cc1ccc(-n2nc(C)cc2NC(=O)c2cc(F)cc(F)c2)cc1. The number of benzene rings is 2. The summed E-state index contributed by atoms with van der Waals surface area (Å²) in [5, 5.41) is 6.99. The van der Waals surface area contributed by atoms with Crippen LogP contribution in [-0.4, -0.2) is 15.7 Å². The molecule has 0 saturated carbocycles. The van der Waals surface area contributed by atoms with E-state index in [0.717, 1.165) is 29.4 Å². The normalized spacial score (nSPS) is 10.7. The molecule has 6 heteroatoms. The maximum atomic E-state index is 13.3. The summed E-state index contributed by atoms with van der Waals surface area (Å²) in [7, 11) is 0. The predicted molar refractivity (Wildman–Crippen MR) is 87.3 cm³/mol. The predicted octanol–water partition coefficient (Wildman–Crippen LogP) is 4.02. The van der Waals surface area contributed by atoms with Crippen LogP contribution in [0.3, 0.4) is 0 Å². The maximum Gasteiger partial charge on any atom is 0.257 e. The van der Waals surface area contributed by atoms with E-state index in [1.807, 2.05) is 31.2 Å². The molecule has 0 unspecified atom stereocenters. The van der Waals surface area contributed by atoms with Crippen molar-refractivity contribution in [3.63, 3.8) is 0 Å². The van der Waals surface area contributed by atoms with Gasteiger partial charge in [0.25, 0.3) is 5.91 Å². The van der Waals surface area contributed by atoms with E-state index >= 15 is 0 Å². The quantitative estimate of drug-likeness (QED) is 0.790. The van der Waals surface area contributed by atoms with Gasteiger partial charge < -0.3 is 5.32 Å². The second kappa shape index (κ2) is 6.23. The Morgan fingerprint density at radius 2 is 1.62 bits per heavy atom. The third kappa shape index (κ3) is 3.32. The Balaban J connectivity index is 1.93. The topological polar surface area (TPSA) is 46.9 Å². The zero-order chi connectivity index (χ0) is 17.3. The Morgan fingerprint density at radius 1 is 1.00 bits per heavy atom. The molecule has 1 amide bonds. The van der Waals surface area contributed by atoms with Gasteiger partial charge in [0.15, 0.2) is 0 Å². The molecule has 0 aliphatic carbocycles. The average molecular weight is 327 g/mol. The van der Waals surface area contributed by atoms with Gasteiger partial charge in [0.1, 0.15) is 17.5 Å². The minimum absolute atomic E-state index is 0.0955. The van der Waals surface area contributed by atoms with E-state index in [9.17, 15) is 13.6 Å². The molecule has 4 nitrogen and oxygen atoms in total. The third-order valence-corrected chi connectivity index (χ3v) is 3.48. The van der Waals surface area contributed by atoms with Crippen molar-refractivity contribution in [1.82, 2.24) is 9.78 Å². The Labute approximate surface area is 137 Å². The van der Waals surface area contributed by atoms with E-state index in [4.69, 9.17) is 0 Å². The molecule has 0 aliphatic rings. The zero-order valence-corrected chi connectivity index (χ0v) is 13.2. The summed E-state index contributed by atoms with van der Waals surface area (Å²) in [4.78, 5) is 12.3. The molecule has 0 radical (unpaired) electrons. The van der Waals surface area contributed by atoms with E-state index in [1.165, 1.54) is 0 Å². The highest BCUT2D eigenvalue weighted by Gasteiger charge is 2.14. The Hall–Kier alpha value is -3.02. The molecule has 0 fully saturated rings. The van der Waals surface area contributed by atoms with E-state index in [1.54, 1.807) is 17.7 Å². The Bertz CT molecular complexity index is 881. The summed E-state index contributed by atoms with van der Waals surface area (Å²) in [6.45, 7) is 3.77. The van der Waals surface area contributed by atoms with Crippen LogP contribution in [0.5, 0.6) is 0 Å². The molecule has 3 rings (SSSR count).